The highest BCUT2D eigenvalue weighted by molar-refractivity contribution is 7.09. The molecule has 1 fully saturated rings. The minimum Gasteiger partial charge on any atom is -0.322 e. The van der Waals surface area contributed by atoms with E-state index in [9.17, 15) is 0 Å². The molecule has 0 aliphatic heterocycles. The van der Waals surface area contributed by atoms with E-state index in [1.807, 2.05) is 0 Å². The van der Waals surface area contributed by atoms with Gasteiger partial charge in [0.2, 0.25) is 0 Å². The predicted molar refractivity (Wildman–Crippen MR) is 69.8 cm³/mol. The quantitative estimate of drug-likeness (QED) is 0.861. The van der Waals surface area contributed by atoms with Crippen molar-refractivity contribution in [1.82, 2.24) is 4.98 Å². The van der Waals surface area contributed by atoms with Gasteiger partial charge in [-0.05, 0) is 19.3 Å². The number of nitrogens with zero attached hydrogens (tertiary/aromatic N) is 1. The third-order valence-corrected chi connectivity index (χ3v) is 4.47. The number of thiazole rings is 1. The zero-order valence-corrected chi connectivity index (χ0v) is 10.9. The van der Waals surface area contributed by atoms with E-state index in [1.54, 1.807) is 11.3 Å². The molecule has 1 aliphatic rings. The summed E-state index contributed by atoms with van der Waals surface area (Å²) in [5.74, 6) is 0.715. The average Bonchev–Trinajstić information content (AvgIpc) is 2.80. The summed E-state index contributed by atoms with van der Waals surface area (Å²) < 4.78 is 0. The lowest BCUT2D eigenvalue weighted by molar-refractivity contribution is 0.437. The summed E-state index contributed by atoms with van der Waals surface area (Å²) in [7, 11) is 0. The Kier molecular flexibility index (Phi) is 4.36. The van der Waals surface area contributed by atoms with Gasteiger partial charge in [-0.1, -0.05) is 32.6 Å². The Morgan fingerprint density at radius 3 is 2.88 bits per heavy atom. The van der Waals surface area contributed by atoms with Gasteiger partial charge >= 0.3 is 0 Å². The van der Waals surface area contributed by atoms with E-state index >= 15 is 0 Å². The highest BCUT2D eigenvalue weighted by Crippen LogP contribution is 2.34. The summed E-state index contributed by atoms with van der Waals surface area (Å²) >= 11 is 1.76. The standard InChI is InChI=1S/C13H22N2S/c1-2-6-11(14)13-15-12(9-16-13)10-7-4-3-5-8-10/h9-11H,2-8,14H2,1H3. The summed E-state index contributed by atoms with van der Waals surface area (Å²) in [6, 6.07) is 0.160. The van der Waals surface area contributed by atoms with E-state index in [2.05, 4.69) is 12.3 Å². The average molecular weight is 238 g/mol. The molecule has 0 amide bonds. The Balaban J connectivity index is 2.00. The van der Waals surface area contributed by atoms with Crippen LogP contribution in [0.5, 0.6) is 0 Å². The van der Waals surface area contributed by atoms with E-state index in [0.29, 0.717) is 5.92 Å². The van der Waals surface area contributed by atoms with Gasteiger partial charge in [0, 0.05) is 11.3 Å². The summed E-state index contributed by atoms with van der Waals surface area (Å²) in [5, 5.41) is 3.38. The number of hydrogen-bond donors (Lipinski definition) is 1. The fourth-order valence-electron chi connectivity index (χ4n) is 2.49. The Labute approximate surface area is 102 Å². The molecule has 1 atom stereocenters. The Hall–Kier alpha value is -0.410. The Bertz CT molecular complexity index is 315. The van der Waals surface area contributed by atoms with Crippen LogP contribution in [-0.4, -0.2) is 4.98 Å². The zero-order chi connectivity index (χ0) is 11.4. The van der Waals surface area contributed by atoms with Crippen molar-refractivity contribution in [2.75, 3.05) is 0 Å². The van der Waals surface area contributed by atoms with Gasteiger partial charge in [-0.3, -0.25) is 0 Å². The highest BCUT2D eigenvalue weighted by atomic mass is 32.1. The van der Waals surface area contributed by atoms with Crippen molar-refractivity contribution in [2.24, 2.45) is 5.73 Å². The van der Waals surface area contributed by atoms with Crippen LogP contribution < -0.4 is 5.73 Å². The van der Waals surface area contributed by atoms with Crippen LogP contribution in [-0.2, 0) is 0 Å². The van der Waals surface area contributed by atoms with Gasteiger partial charge in [-0.15, -0.1) is 11.3 Å². The molecule has 2 rings (SSSR count). The first-order valence-corrected chi connectivity index (χ1v) is 7.40. The second-order valence-corrected chi connectivity index (χ2v) is 5.73. The van der Waals surface area contributed by atoms with Crippen LogP contribution in [0.3, 0.4) is 0 Å². The van der Waals surface area contributed by atoms with Crippen molar-refractivity contribution in [3.8, 4) is 0 Å². The molecule has 0 saturated heterocycles. The summed E-state index contributed by atoms with van der Waals surface area (Å²) in [6.45, 7) is 2.18. The van der Waals surface area contributed by atoms with Crippen LogP contribution in [0.4, 0.5) is 0 Å². The third kappa shape index (κ3) is 2.83. The van der Waals surface area contributed by atoms with Crippen LogP contribution in [0.15, 0.2) is 5.38 Å². The summed E-state index contributed by atoms with van der Waals surface area (Å²) in [5.41, 5.74) is 7.41. The van der Waals surface area contributed by atoms with Gasteiger partial charge < -0.3 is 5.73 Å². The minimum atomic E-state index is 0.160. The van der Waals surface area contributed by atoms with Crippen molar-refractivity contribution in [1.29, 1.82) is 0 Å². The molecule has 2 nitrogen and oxygen atoms in total. The fraction of sp³-hybridized carbons (Fsp3) is 0.769. The van der Waals surface area contributed by atoms with Gasteiger partial charge in [0.05, 0.1) is 11.7 Å². The Morgan fingerprint density at radius 2 is 2.19 bits per heavy atom. The first-order valence-electron chi connectivity index (χ1n) is 6.52. The van der Waals surface area contributed by atoms with Crippen LogP contribution in [0.1, 0.15) is 74.5 Å². The minimum absolute atomic E-state index is 0.160. The van der Waals surface area contributed by atoms with E-state index < -0.39 is 0 Å². The lowest BCUT2D eigenvalue weighted by Crippen LogP contribution is -2.10. The van der Waals surface area contributed by atoms with E-state index in [-0.39, 0.29) is 6.04 Å². The number of nitrogens with two attached hydrogens (primary N) is 1. The predicted octanol–water partition coefficient (Wildman–Crippen LogP) is 3.99. The molecule has 2 N–H and O–H groups in total. The van der Waals surface area contributed by atoms with E-state index in [0.717, 1.165) is 17.8 Å². The van der Waals surface area contributed by atoms with Crippen molar-refractivity contribution < 1.29 is 0 Å². The lowest BCUT2D eigenvalue weighted by Gasteiger charge is -2.19. The van der Waals surface area contributed by atoms with Crippen LogP contribution >= 0.6 is 11.3 Å². The van der Waals surface area contributed by atoms with E-state index in [1.165, 1.54) is 37.8 Å². The number of hydrogen-bond acceptors (Lipinski definition) is 3. The van der Waals surface area contributed by atoms with Gasteiger partial charge in [-0.25, -0.2) is 4.98 Å². The van der Waals surface area contributed by atoms with Gasteiger partial charge in [0.25, 0.3) is 0 Å². The summed E-state index contributed by atoms with van der Waals surface area (Å²) in [4.78, 5) is 4.75. The first-order chi connectivity index (χ1) is 7.81. The molecular weight excluding hydrogens is 216 g/mol. The van der Waals surface area contributed by atoms with Crippen LogP contribution in [0.2, 0.25) is 0 Å². The molecule has 0 radical (unpaired) electrons. The SMILES string of the molecule is CCCC(N)c1nc(C2CCCCC2)cs1. The molecule has 1 saturated carbocycles. The fourth-order valence-corrected chi connectivity index (χ4v) is 3.43. The molecule has 90 valence electrons. The second kappa shape index (κ2) is 5.78. The smallest absolute Gasteiger partial charge is 0.110 e. The number of aromatic nitrogens is 1. The molecule has 16 heavy (non-hydrogen) atoms. The maximum Gasteiger partial charge on any atom is 0.110 e. The summed E-state index contributed by atoms with van der Waals surface area (Å²) in [6.07, 6.45) is 9.00. The van der Waals surface area contributed by atoms with Crippen molar-refractivity contribution in [3.05, 3.63) is 16.1 Å². The molecule has 1 aromatic rings. The second-order valence-electron chi connectivity index (χ2n) is 4.84. The molecule has 3 heteroatoms. The molecule has 1 aliphatic carbocycles. The topological polar surface area (TPSA) is 38.9 Å². The van der Waals surface area contributed by atoms with Gasteiger partial charge in [-0.2, -0.15) is 0 Å². The molecule has 1 unspecified atom stereocenters. The first kappa shape index (κ1) is 12.1. The number of rotatable bonds is 4. The maximum absolute atomic E-state index is 6.10. The van der Waals surface area contributed by atoms with Crippen LogP contribution in [0.25, 0.3) is 0 Å². The Morgan fingerprint density at radius 1 is 1.44 bits per heavy atom. The van der Waals surface area contributed by atoms with Gasteiger partial charge in [0.1, 0.15) is 5.01 Å². The van der Waals surface area contributed by atoms with Crippen LogP contribution in [0, 0.1) is 0 Å². The maximum atomic E-state index is 6.10. The lowest BCUT2D eigenvalue weighted by atomic mass is 9.87. The van der Waals surface area contributed by atoms with Crippen molar-refractivity contribution in [2.45, 2.75) is 63.8 Å². The largest absolute Gasteiger partial charge is 0.322 e. The monoisotopic (exact) mass is 238 g/mol. The van der Waals surface area contributed by atoms with E-state index in [4.69, 9.17) is 10.7 Å². The molecule has 0 aromatic carbocycles. The highest BCUT2D eigenvalue weighted by Gasteiger charge is 2.19. The molecular formula is C13H22N2S. The molecule has 0 spiro atoms. The van der Waals surface area contributed by atoms with Crippen molar-refractivity contribution in [3.63, 3.8) is 0 Å². The zero-order valence-electron chi connectivity index (χ0n) is 10.1. The molecule has 1 heterocycles. The van der Waals surface area contributed by atoms with Gasteiger partial charge in [0.15, 0.2) is 0 Å². The molecule has 0 bridgehead atoms. The van der Waals surface area contributed by atoms with Crippen molar-refractivity contribution >= 4 is 11.3 Å². The normalized spacial score (nSPS) is 19.9. The molecule has 1 aromatic heterocycles. The third-order valence-electron chi connectivity index (χ3n) is 3.48.